The minimum Gasteiger partial charge on any atom is -0.479 e. The predicted octanol–water partition coefficient (Wildman–Crippen LogP) is 1.30. The summed E-state index contributed by atoms with van der Waals surface area (Å²) in [7, 11) is 1.46. The maximum absolute atomic E-state index is 11.8. The topological polar surface area (TPSA) is 157 Å². The summed E-state index contributed by atoms with van der Waals surface area (Å²) in [5, 5.41) is 14.3. The van der Waals surface area contributed by atoms with Gasteiger partial charge in [-0.2, -0.15) is 5.26 Å². The SMILES string of the molecule is COc1nc(C#N)ccc1-n1ccc(OCc2c(C)cccc2N(N)C(=O)NN)n1. The molecule has 3 aromatic rings. The number of pyridine rings is 1. The highest BCUT2D eigenvalue weighted by Gasteiger charge is 2.17. The lowest BCUT2D eigenvalue weighted by atomic mass is 10.1. The van der Waals surface area contributed by atoms with Crippen LogP contribution >= 0.6 is 0 Å². The van der Waals surface area contributed by atoms with E-state index in [1.165, 1.54) is 11.8 Å². The van der Waals surface area contributed by atoms with Gasteiger partial charge < -0.3 is 9.47 Å². The minimum atomic E-state index is -0.661. The Kier molecular flexibility index (Phi) is 6.11. The van der Waals surface area contributed by atoms with E-state index >= 15 is 0 Å². The molecule has 0 unspecified atom stereocenters. The van der Waals surface area contributed by atoms with Crippen LogP contribution in [0, 0.1) is 18.3 Å². The van der Waals surface area contributed by atoms with E-state index in [4.69, 9.17) is 26.4 Å². The van der Waals surface area contributed by atoms with Gasteiger partial charge in [-0.1, -0.05) is 12.1 Å². The Labute approximate surface area is 172 Å². The summed E-state index contributed by atoms with van der Waals surface area (Å²) < 4.78 is 12.6. The van der Waals surface area contributed by atoms with Crippen molar-refractivity contribution in [2.45, 2.75) is 13.5 Å². The molecule has 0 atom stereocenters. The maximum atomic E-state index is 11.8. The number of urea groups is 1. The third-order valence-corrected chi connectivity index (χ3v) is 4.31. The Hall–Kier alpha value is -4.14. The number of benzene rings is 1. The molecule has 5 N–H and O–H groups in total. The van der Waals surface area contributed by atoms with Gasteiger partial charge in [-0.3, -0.25) is 5.43 Å². The van der Waals surface area contributed by atoms with E-state index in [-0.39, 0.29) is 18.2 Å². The number of hydrazine groups is 2. The minimum absolute atomic E-state index is 0.118. The van der Waals surface area contributed by atoms with Crippen LogP contribution in [-0.4, -0.2) is 27.9 Å². The highest BCUT2D eigenvalue weighted by atomic mass is 16.5. The Bertz CT molecular complexity index is 1110. The van der Waals surface area contributed by atoms with Crippen molar-refractivity contribution >= 4 is 11.7 Å². The van der Waals surface area contributed by atoms with Gasteiger partial charge in [0.1, 0.15) is 24.1 Å². The molecule has 0 saturated carbocycles. The number of anilines is 1. The van der Waals surface area contributed by atoms with E-state index in [2.05, 4.69) is 10.1 Å². The predicted molar refractivity (Wildman–Crippen MR) is 108 cm³/mol. The second kappa shape index (κ2) is 8.91. The lowest BCUT2D eigenvalue weighted by Crippen LogP contribution is -2.48. The smallest absolute Gasteiger partial charge is 0.350 e. The molecule has 11 nitrogen and oxygen atoms in total. The van der Waals surface area contributed by atoms with Gasteiger partial charge in [0.2, 0.25) is 11.8 Å². The van der Waals surface area contributed by atoms with Crippen LogP contribution in [0.15, 0.2) is 42.6 Å². The molecule has 0 fully saturated rings. The number of rotatable bonds is 6. The van der Waals surface area contributed by atoms with Crippen molar-refractivity contribution in [1.82, 2.24) is 20.2 Å². The number of amides is 2. The fourth-order valence-electron chi connectivity index (χ4n) is 2.76. The molecule has 0 bridgehead atoms. The normalized spacial score (nSPS) is 10.2. The monoisotopic (exact) mass is 408 g/mol. The van der Waals surface area contributed by atoms with Crippen molar-refractivity contribution in [1.29, 1.82) is 5.26 Å². The van der Waals surface area contributed by atoms with Gasteiger partial charge in [0.15, 0.2) is 0 Å². The van der Waals surface area contributed by atoms with Crippen LogP contribution in [0.1, 0.15) is 16.8 Å². The van der Waals surface area contributed by atoms with Crippen molar-refractivity contribution in [3.8, 4) is 23.5 Å². The van der Waals surface area contributed by atoms with Crippen LogP contribution in [0.4, 0.5) is 10.5 Å². The molecule has 30 heavy (non-hydrogen) atoms. The molecule has 0 radical (unpaired) electrons. The average molecular weight is 408 g/mol. The number of nitriles is 1. The molecule has 0 aliphatic heterocycles. The van der Waals surface area contributed by atoms with Gasteiger partial charge in [0.05, 0.1) is 12.8 Å². The summed E-state index contributed by atoms with van der Waals surface area (Å²) in [5.74, 6) is 11.6. The molecule has 3 rings (SSSR count). The Balaban J connectivity index is 1.82. The van der Waals surface area contributed by atoms with Gasteiger partial charge in [0, 0.05) is 17.8 Å². The van der Waals surface area contributed by atoms with Crippen LogP contribution in [-0.2, 0) is 6.61 Å². The van der Waals surface area contributed by atoms with E-state index in [0.717, 1.165) is 10.6 Å². The molecule has 2 amide bonds. The number of nitrogens with two attached hydrogens (primary N) is 2. The van der Waals surface area contributed by atoms with E-state index in [9.17, 15) is 4.79 Å². The van der Waals surface area contributed by atoms with Gasteiger partial charge in [-0.05, 0) is 30.7 Å². The first-order chi connectivity index (χ1) is 14.5. The highest BCUT2D eigenvalue weighted by molar-refractivity contribution is 5.91. The van der Waals surface area contributed by atoms with Crippen LogP contribution < -0.4 is 31.6 Å². The summed E-state index contributed by atoms with van der Waals surface area (Å²) in [6, 6.07) is 11.6. The van der Waals surface area contributed by atoms with Crippen LogP contribution in [0.2, 0.25) is 0 Å². The first-order valence-corrected chi connectivity index (χ1v) is 8.76. The molecule has 154 valence electrons. The first kappa shape index (κ1) is 20.6. The zero-order chi connectivity index (χ0) is 21.7. The number of methoxy groups -OCH3 is 1. The van der Waals surface area contributed by atoms with Crippen molar-refractivity contribution in [2.75, 3.05) is 12.1 Å². The molecule has 0 saturated heterocycles. The van der Waals surface area contributed by atoms with Crippen LogP contribution in [0.5, 0.6) is 11.8 Å². The van der Waals surface area contributed by atoms with Crippen LogP contribution in [0.3, 0.4) is 0 Å². The largest absolute Gasteiger partial charge is 0.479 e. The van der Waals surface area contributed by atoms with Crippen molar-refractivity contribution < 1.29 is 14.3 Å². The molecule has 1 aromatic carbocycles. The second-order valence-corrected chi connectivity index (χ2v) is 6.12. The van der Waals surface area contributed by atoms with Gasteiger partial charge in [0.25, 0.3) is 0 Å². The zero-order valence-electron chi connectivity index (χ0n) is 16.4. The number of hydrogen-bond donors (Lipinski definition) is 3. The number of nitrogens with one attached hydrogen (secondary N) is 1. The first-order valence-electron chi connectivity index (χ1n) is 8.76. The Morgan fingerprint density at radius 1 is 1.33 bits per heavy atom. The number of ether oxygens (including phenoxy) is 2. The Morgan fingerprint density at radius 3 is 2.83 bits per heavy atom. The standard InChI is InChI=1S/C19H20N8O3/c1-12-4-3-5-15(27(22)19(28)24-21)14(12)11-30-17-8-9-26(25-17)16-7-6-13(10-20)23-18(16)29-2/h3-9H,11,21-22H2,1-2H3,(H,24,28). The molecule has 2 aromatic heterocycles. The van der Waals surface area contributed by atoms with Gasteiger partial charge in [-0.25, -0.2) is 31.2 Å². The third-order valence-electron chi connectivity index (χ3n) is 4.31. The number of nitrogens with zero attached hydrogens (tertiary/aromatic N) is 5. The Morgan fingerprint density at radius 2 is 2.13 bits per heavy atom. The summed E-state index contributed by atoms with van der Waals surface area (Å²) >= 11 is 0. The lowest BCUT2D eigenvalue weighted by Gasteiger charge is -2.20. The van der Waals surface area contributed by atoms with E-state index in [1.807, 2.05) is 24.5 Å². The van der Waals surface area contributed by atoms with Crippen molar-refractivity contribution in [3.05, 3.63) is 59.4 Å². The van der Waals surface area contributed by atoms with E-state index < -0.39 is 6.03 Å². The summed E-state index contributed by atoms with van der Waals surface area (Å²) in [6.07, 6.45) is 1.68. The average Bonchev–Trinajstić information content (AvgIpc) is 3.25. The second-order valence-electron chi connectivity index (χ2n) is 6.12. The van der Waals surface area contributed by atoms with Gasteiger partial charge in [-0.15, -0.1) is 5.10 Å². The number of hydrogen-bond acceptors (Lipinski definition) is 8. The molecule has 0 spiro atoms. The van der Waals surface area contributed by atoms with Crippen LogP contribution in [0.25, 0.3) is 5.69 Å². The zero-order valence-corrected chi connectivity index (χ0v) is 16.4. The van der Waals surface area contributed by atoms with Crippen molar-refractivity contribution in [3.63, 3.8) is 0 Å². The molecular formula is C19H20N8O3. The summed E-state index contributed by atoms with van der Waals surface area (Å²) in [4.78, 5) is 15.9. The lowest BCUT2D eigenvalue weighted by molar-refractivity contribution is 0.246. The summed E-state index contributed by atoms with van der Waals surface area (Å²) in [5.41, 5.74) is 4.82. The molecule has 11 heteroatoms. The molecule has 0 aliphatic carbocycles. The number of carbonyl (C=O) groups is 1. The number of aromatic nitrogens is 3. The summed E-state index contributed by atoms with van der Waals surface area (Å²) in [6.45, 7) is 2.00. The van der Waals surface area contributed by atoms with Gasteiger partial charge >= 0.3 is 6.03 Å². The number of carbonyl (C=O) groups excluding carboxylic acids is 1. The quantitative estimate of drug-likeness (QED) is 0.313. The van der Waals surface area contributed by atoms with Crippen molar-refractivity contribution in [2.24, 2.45) is 11.7 Å². The third kappa shape index (κ3) is 4.14. The highest BCUT2D eigenvalue weighted by Crippen LogP contribution is 2.25. The van der Waals surface area contributed by atoms with E-state index in [0.29, 0.717) is 22.8 Å². The molecule has 0 aliphatic rings. The molecular weight excluding hydrogens is 388 g/mol. The fraction of sp³-hybridized carbons (Fsp3) is 0.158. The van der Waals surface area contributed by atoms with E-state index in [1.54, 1.807) is 36.5 Å². The fourth-order valence-corrected chi connectivity index (χ4v) is 2.76. The molecule has 2 heterocycles. The maximum Gasteiger partial charge on any atom is 0.350 e. The number of aryl methyl sites for hydroxylation is 1.